The summed E-state index contributed by atoms with van der Waals surface area (Å²) < 4.78 is 59.5. The molecule has 1 atom stereocenters. The van der Waals surface area contributed by atoms with Crippen LogP contribution < -0.4 is 0 Å². The Balaban J connectivity index is 1.83. The molecule has 0 amide bonds. The van der Waals surface area contributed by atoms with E-state index in [9.17, 15) is 22.0 Å². The van der Waals surface area contributed by atoms with E-state index in [2.05, 4.69) is 4.74 Å². The average molecular weight is 434 g/mol. The maximum atomic E-state index is 14.1. The van der Waals surface area contributed by atoms with Gasteiger partial charge in [-0.1, -0.05) is 0 Å². The summed E-state index contributed by atoms with van der Waals surface area (Å²) in [7, 11) is -2.70. The second kappa shape index (κ2) is 8.26. The molecule has 2 aromatic rings. The SMILES string of the molecule is COC(=O)c1sccc1S(=O)(=O)N1CCSC(c2cc(F)ccc2F)CC1. The first-order valence-electron chi connectivity index (χ1n) is 8.07. The summed E-state index contributed by atoms with van der Waals surface area (Å²) in [6.45, 7) is 0.364. The number of thioether (sulfide) groups is 1. The van der Waals surface area contributed by atoms with E-state index in [1.807, 2.05) is 0 Å². The first kappa shape index (κ1) is 20.2. The topological polar surface area (TPSA) is 63.7 Å². The smallest absolute Gasteiger partial charge is 0.349 e. The van der Waals surface area contributed by atoms with Crippen molar-refractivity contribution in [1.82, 2.24) is 4.31 Å². The van der Waals surface area contributed by atoms with Crippen molar-refractivity contribution in [2.75, 3.05) is 26.0 Å². The van der Waals surface area contributed by atoms with E-state index >= 15 is 0 Å². The first-order chi connectivity index (χ1) is 12.8. The molecule has 0 saturated carbocycles. The molecule has 10 heteroatoms. The van der Waals surface area contributed by atoms with Gasteiger partial charge in [0.05, 0.1) is 7.11 Å². The summed E-state index contributed by atoms with van der Waals surface area (Å²) >= 11 is 2.39. The predicted molar refractivity (Wildman–Crippen MR) is 101 cm³/mol. The van der Waals surface area contributed by atoms with E-state index in [-0.39, 0.29) is 33.7 Å². The summed E-state index contributed by atoms with van der Waals surface area (Å²) in [6, 6.07) is 4.68. The highest BCUT2D eigenvalue weighted by Crippen LogP contribution is 2.37. The maximum Gasteiger partial charge on any atom is 0.349 e. The molecule has 1 aromatic carbocycles. The van der Waals surface area contributed by atoms with Gasteiger partial charge in [0.2, 0.25) is 10.0 Å². The Kier molecular flexibility index (Phi) is 6.19. The zero-order valence-corrected chi connectivity index (χ0v) is 16.8. The second-order valence-electron chi connectivity index (χ2n) is 5.82. The minimum absolute atomic E-state index is 0.0297. The Labute approximate surface area is 164 Å². The number of ether oxygens (including phenoxy) is 1. The number of hydrogen-bond donors (Lipinski definition) is 0. The van der Waals surface area contributed by atoms with Crippen molar-refractivity contribution in [3.63, 3.8) is 0 Å². The van der Waals surface area contributed by atoms with E-state index in [0.29, 0.717) is 12.2 Å². The van der Waals surface area contributed by atoms with Gasteiger partial charge in [-0.3, -0.25) is 0 Å². The molecular formula is C17H17F2NO4S3. The van der Waals surface area contributed by atoms with Crippen LogP contribution in [0.25, 0.3) is 0 Å². The Morgan fingerprint density at radius 3 is 2.78 bits per heavy atom. The standard InChI is InChI=1S/C17H17F2NO4S3/c1-24-17(21)16-15(5-8-26-16)27(22,23)20-6-4-14(25-9-7-20)12-10-11(18)2-3-13(12)19/h2-3,5,8,10,14H,4,6-7,9H2,1H3. The number of halogens is 2. The van der Waals surface area contributed by atoms with E-state index in [1.54, 1.807) is 0 Å². The highest BCUT2D eigenvalue weighted by atomic mass is 32.2. The Hall–Kier alpha value is -1.49. The van der Waals surface area contributed by atoms with Crippen molar-refractivity contribution < 1.29 is 26.7 Å². The Morgan fingerprint density at radius 1 is 1.26 bits per heavy atom. The summed E-state index contributed by atoms with van der Waals surface area (Å²) in [6.07, 6.45) is 0.335. The third kappa shape index (κ3) is 4.18. The van der Waals surface area contributed by atoms with Gasteiger partial charge < -0.3 is 4.74 Å². The fourth-order valence-corrected chi connectivity index (χ4v) is 7.00. The molecule has 0 bridgehead atoms. The monoisotopic (exact) mass is 433 g/mol. The summed E-state index contributed by atoms with van der Waals surface area (Å²) in [5.74, 6) is -1.30. The lowest BCUT2D eigenvalue weighted by molar-refractivity contribution is 0.0602. The van der Waals surface area contributed by atoms with E-state index in [0.717, 1.165) is 29.5 Å². The number of carbonyl (C=O) groups excluding carboxylic acids is 1. The van der Waals surface area contributed by atoms with Gasteiger partial charge in [-0.25, -0.2) is 22.0 Å². The molecule has 3 rings (SSSR count). The number of carbonyl (C=O) groups is 1. The van der Waals surface area contributed by atoms with Gasteiger partial charge in [-0.15, -0.1) is 11.3 Å². The summed E-state index contributed by atoms with van der Waals surface area (Å²) in [4.78, 5) is 11.8. The quantitative estimate of drug-likeness (QED) is 0.689. The molecule has 1 aromatic heterocycles. The average Bonchev–Trinajstić information content (AvgIpc) is 3.02. The number of benzene rings is 1. The lowest BCUT2D eigenvalue weighted by Crippen LogP contribution is -2.33. The Morgan fingerprint density at radius 2 is 2.04 bits per heavy atom. The van der Waals surface area contributed by atoms with Crippen LogP contribution in [0, 0.1) is 11.6 Å². The van der Waals surface area contributed by atoms with Crippen molar-refractivity contribution >= 4 is 39.1 Å². The van der Waals surface area contributed by atoms with Crippen LogP contribution in [-0.4, -0.2) is 44.6 Å². The van der Waals surface area contributed by atoms with Gasteiger partial charge >= 0.3 is 5.97 Å². The molecular weight excluding hydrogens is 416 g/mol. The van der Waals surface area contributed by atoms with Gasteiger partial charge in [0, 0.05) is 29.7 Å². The summed E-state index contributed by atoms with van der Waals surface area (Å²) in [5.41, 5.74) is 0.241. The van der Waals surface area contributed by atoms with Crippen LogP contribution in [0.15, 0.2) is 34.5 Å². The van der Waals surface area contributed by atoms with Crippen molar-refractivity contribution in [2.24, 2.45) is 0 Å². The van der Waals surface area contributed by atoms with Crippen LogP contribution in [0.5, 0.6) is 0 Å². The Bertz CT molecular complexity index is 945. The molecule has 5 nitrogen and oxygen atoms in total. The van der Waals surface area contributed by atoms with Crippen LogP contribution in [0.1, 0.15) is 26.9 Å². The minimum atomic E-state index is -3.89. The van der Waals surface area contributed by atoms with E-state index < -0.39 is 27.6 Å². The molecule has 0 aliphatic carbocycles. The molecule has 27 heavy (non-hydrogen) atoms. The fraction of sp³-hybridized carbons (Fsp3) is 0.353. The number of thiophene rings is 1. The lowest BCUT2D eigenvalue weighted by Gasteiger charge is -2.20. The van der Waals surface area contributed by atoms with Gasteiger partial charge in [-0.05, 0) is 36.1 Å². The van der Waals surface area contributed by atoms with Gasteiger partial charge in [0.15, 0.2) is 0 Å². The highest BCUT2D eigenvalue weighted by Gasteiger charge is 2.33. The van der Waals surface area contributed by atoms with Crippen molar-refractivity contribution in [3.05, 3.63) is 51.7 Å². The maximum absolute atomic E-state index is 14.1. The molecule has 1 aliphatic heterocycles. The van der Waals surface area contributed by atoms with Crippen LogP contribution >= 0.6 is 23.1 Å². The second-order valence-corrected chi connectivity index (χ2v) is 9.96. The van der Waals surface area contributed by atoms with E-state index in [4.69, 9.17) is 0 Å². The number of esters is 1. The zero-order valence-electron chi connectivity index (χ0n) is 14.4. The number of sulfonamides is 1. The largest absolute Gasteiger partial charge is 0.465 e. The normalized spacial score (nSPS) is 18.9. The van der Waals surface area contributed by atoms with Crippen molar-refractivity contribution in [3.8, 4) is 0 Å². The predicted octanol–water partition coefficient (Wildman–Crippen LogP) is 3.68. The van der Waals surface area contributed by atoms with Crippen molar-refractivity contribution in [1.29, 1.82) is 0 Å². The van der Waals surface area contributed by atoms with E-state index in [1.165, 1.54) is 34.6 Å². The molecule has 1 fully saturated rings. The molecule has 0 N–H and O–H groups in total. The van der Waals surface area contributed by atoms with Gasteiger partial charge in [-0.2, -0.15) is 16.1 Å². The molecule has 146 valence electrons. The molecule has 1 aliphatic rings. The zero-order chi connectivity index (χ0) is 19.6. The molecule has 0 spiro atoms. The molecule has 2 heterocycles. The first-order valence-corrected chi connectivity index (χ1v) is 11.4. The van der Waals surface area contributed by atoms with Gasteiger partial charge in [0.25, 0.3) is 0 Å². The van der Waals surface area contributed by atoms with Crippen LogP contribution in [0.4, 0.5) is 8.78 Å². The number of rotatable bonds is 4. The minimum Gasteiger partial charge on any atom is -0.465 e. The highest BCUT2D eigenvalue weighted by molar-refractivity contribution is 7.99. The molecule has 1 saturated heterocycles. The fourth-order valence-electron chi connectivity index (χ4n) is 2.88. The molecule has 0 radical (unpaired) electrons. The molecule has 1 unspecified atom stereocenters. The summed E-state index contributed by atoms with van der Waals surface area (Å²) in [5, 5.41) is 1.18. The van der Waals surface area contributed by atoms with Crippen LogP contribution in [0.2, 0.25) is 0 Å². The third-order valence-corrected chi connectivity index (χ3v) is 8.50. The third-order valence-electron chi connectivity index (χ3n) is 4.22. The number of nitrogens with zero attached hydrogens (tertiary/aromatic N) is 1. The van der Waals surface area contributed by atoms with Crippen molar-refractivity contribution in [2.45, 2.75) is 16.6 Å². The van der Waals surface area contributed by atoms with Crippen LogP contribution in [-0.2, 0) is 14.8 Å². The number of hydrogen-bond acceptors (Lipinski definition) is 6. The van der Waals surface area contributed by atoms with Crippen LogP contribution in [0.3, 0.4) is 0 Å². The lowest BCUT2D eigenvalue weighted by atomic mass is 10.1. The van der Waals surface area contributed by atoms with Gasteiger partial charge in [0.1, 0.15) is 21.4 Å². The number of methoxy groups -OCH3 is 1.